The molecule has 2 heterocycles. The third-order valence-electron chi connectivity index (χ3n) is 4.50. The molecule has 0 aromatic carbocycles. The highest BCUT2D eigenvalue weighted by atomic mass is 16.4. The summed E-state index contributed by atoms with van der Waals surface area (Å²) >= 11 is 0. The molecule has 0 aromatic heterocycles. The summed E-state index contributed by atoms with van der Waals surface area (Å²) in [7, 11) is 0. The molecule has 2 rings (SSSR count). The predicted molar refractivity (Wildman–Crippen MR) is 67.1 cm³/mol. The van der Waals surface area contributed by atoms with Gasteiger partial charge in [-0.15, -0.1) is 0 Å². The van der Waals surface area contributed by atoms with Gasteiger partial charge in [0.15, 0.2) is 0 Å². The van der Waals surface area contributed by atoms with Crippen molar-refractivity contribution in [3.63, 3.8) is 0 Å². The van der Waals surface area contributed by atoms with Gasteiger partial charge in [0.25, 0.3) is 0 Å². The van der Waals surface area contributed by atoms with Crippen molar-refractivity contribution in [2.24, 2.45) is 11.3 Å². The number of hydrogen-bond acceptors (Lipinski definition) is 3. The molecule has 1 amide bonds. The first kappa shape index (κ1) is 13.3. The summed E-state index contributed by atoms with van der Waals surface area (Å²) in [6.45, 7) is 5.67. The van der Waals surface area contributed by atoms with Crippen LogP contribution in [0.2, 0.25) is 0 Å². The lowest BCUT2D eigenvalue weighted by molar-refractivity contribution is -0.151. The van der Waals surface area contributed by atoms with Gasteiger partial charge in [0, 0.05) is 13.1 Å². The van der Waals surface area contributed by atoms with E-state index in [1.807, 2.05) is 13.8 Å². The number of likely N-dealkylation sites (tertiary alicyclic amines) is 1. The van der Waals surface area contributed by atoms with Crippen molar-refractivity contribution in [2.45, 2.75) is 39.2 Å². The Bertz CT molecular complexity index is 350. The van der Waals surface area contributed by atoms with Crippen LogP contribution in [0.25, 0.3) is 0 Å². The van der Waals surface area contributed by atoms with Crippen LogP contribution in [-0.4, -0.2) is 47.6 Å². The Labute approximate surface area is 108 Å². The van der Waals surface area contributed by atoms with E-state index in [1.54, 1.807) is 4.90 Å². The van der Waals surface area contributed by atoms with E-state index in [-0.39, 0.29) is 17.9 Å². The second kappa shape index (κ2) is 4.88. The number of amides is 1. The van der Waals surface area contributed by atoms with Crippen LogP contribution in [-0.2, 0) is 9.59 Å². The molecular weight excluding hydrogens is 232 g/mol. The van der Waals surface area contributed by atoms with E-state index in [1.165, 1.54) is 0 Å². The lowest BCUT2D eigenvalue weighted by atomic mass is 9.76. The number of carboxylic acids is 1. The number of carboxylic acid groups (broad SMARTS) is 1. The van der Waals surface area contributed by atoms with E-state index in [2.05, 4.69) is 5.32 Å². The van der Waals surface area contributed by atoms with E-state index in [4.69, 9.17) is 0 Å². The first-order valence-corrected chi connectivity index (χ1v) is 6.73. The topological polar surface area (TPSA) is 69.6 Å². The molecule has 0 radical (unpaired) electrons. The van der Waals surface area contributed by atoms with Crippen LogP contribution in [0.5, 0.6) is 0 Å². The molecule has 0 bridgehead atoms. The summed E-state index contributed by atoms with van der Waals surface area (Å²) in [5.41, 5.74) is -0.756. The van der Waals surface area contributed by atoms with Crippen molar-refractivity contribution in [3.8, 4) is 0 Å². The summed E-state index contributed by atoms with van der Waals surface area (Å²) in [6, 6.07) is -0.0956. The molecule has 2 saturated heterocycles. The van der Waals surface area contributed by atoms with Crippen molar-refractivity contribution >= 4 is 11.9 Å². The van der Waals surface area contributed by atoms with Crippen LogP contribution < -0.4 is 5.32 Å². The minimum Gasteiger partial charge on any atom is -0.481 e. The summed E-state index contributed by atoms with van der Waals surface area (Å²) in [5.74, 6) is -0.646. The predicted octanol–water partition coefficient (Wildman–Crippen LogP) is 0.698. The maximum Gasteiger partial charge on any atom is 0.311 e. The molecule has 1 unspecified atom stereocenters. The fraction of sp³-hybridized carbons (Fsp3) is 0.846. The number of nitrogens with zero attached hydrogens (tertiary/aromatic N) is 1. The second-order valence-corrected chi connectivity index (χ2v) is 5.77. The van der Waals surface area contributed by atoms with Crippen molar-refractivity contribution in [1.82, 2.24) is 10.2 Å². The highest BCUT2D eigenvalue weighted by molar-refractivity contribution is 5.84. The molecule has 102 valence electrons. The molecule has 0 aliphatic carbocycles. The van der Waals surface area contributed by atoms with Crippen molar-refractivity contribution < 1.29 is 14.7 Å². The molecule has 2 aliphatic rings. The van der Waals surface area contributed by atoms with Crippen LogP contribution in [0.4, 0.5) is 0 Å². The minimum atomic E-state index is -0.771. The fourth-order valence-corrected chi connectivity index (χ4v) is 3.03. The molecule has 2 aliphatic heterocycles. The molecule has 2 atom stereocenters. The van der Waals surface area contributed by atoms with Crippen LogP contribution in [0.3, 0.4) is 0 Å². The Morgan fingerprint density at radius 2 is 2.17 bits per heavy atom. The summed E-state index contributed by atoms with van der Waals surface area (Å²) in [5, 5.41) is 12.6. The molecule has 0 saturated carbocycles. The average molecular weight is 254 g/mol. The number of aliphatic carboxylic acids is 1. The first-order valence-electron chi connectivity index (χ1n) is 6.73. The lowest BCUT2D eigenvalue weighted by Gasteiger charge is -2.29. The molecule has 5 nitrogen and oxygen atoms in total. The Hall–Kier alpha value is -1.10. The van der Waals surface area contributed by atoms with Crippen LogP contribution >= 0.6 is 0 Å². The Morgan fingerprint density at radius 1 is 1.44 bits per heavy atom. The maximum absolute atomic E-state index is 12.3. The van der Waals surface area contributed by atoms with Gasteiger partial charge in [-0.3, -0.25) is 9.59 Å². The second-order valence-electron chi connectivity index (χ2n) is 5.77. The normalized spacial score (nSPS) is 32.2. The molecule has 0 aromatic rings. The lowest BCUT2D eigenvalue weighted by Crippen LogP contribution is -2.45. The zero-order valence-corrected chi connectivity index (χ0v) is 11.1. The third kappa shape index (κ3) is 2.11. The number of carbonyl (C=O) groups excluding carboxylic acids is 1. The minimum absolute atomic E-state index is 0.0457. The number of carbonyl (C=O) groups is 2. The third-order valence-corrected chi connectivity index (χ3v) is 4.50. The first-order chi connectivity index (χ1) is 8.47. The van der Waals surface area contributed by atoms with Gasteiger partial charge in [0.1, 0.15) is 0 Å². The smallest absolute Gasteiger partial charge is 0.311 e. The molecular formula is C13H22N2O3. The molecule has 0 spiro atoms. The van der Waals surface area contributed by atoms with E-state index in [9.17, 15) is 14.7 Å². The van der Waals surface area contributed by atoms with Gasteiger partial charge in [0.05, 0.1) is 11.5 Å². The van der Waals surface area contributed by atoms with E-state index >= 15 is 0 Å². The summed E-state index contributed by atoms with van der Waals surface area (Å²) in [4.78, 5) is 25.5. The van der Waals surface area contributed by atoms with Gasteiger partial charge in [-0.1, -0.05) is 13.8 Å². The highest BCUT2D eigenvalue weighted by Crippen LogP contribution is 2.38. The van der Waals surface area contributed by atoms with Crippen LogP contribution in [0.15, 0.2) is 0 Å². The largest absolute Gasteiger partial charge is 0.481 e. The monoisotopic (exact) mass is 254 g/mol. The molecule has 5 heteroatoms. The van der Waals surface area contributed by atoms with Gasteiger partial charge in [-0.05, 0) is 31.7 Å². The standard InChI is InChI=1S/C13H22N2O3/c1-9(2)13(12(17)18)5-7-15(8-13)11(16)10-4-3-6-14-10/h9-10,14H,3-8H2,1-2H3,(H,17,18)/t10-,13?/m1/s1. The van der Waals surface area contributed by atoms with Crippen LogP contribution in [0.1, 0.15) is 33.1 Å². The van der Waals surface area contributed by atoms with Gasteiger partial charge < -0.3 is 15.3 Å². The van der Waals surface area contributed by atoms with Gasteiger partial charge >= 0.3 is 5.97 Å². The Kier molecular flexibility index (Phi) is 3.61. The quantitative estimate of drug-likeness (QED) is 0.778. The SMILES string of the molecule is CC(C)C1(C(=O)O)CCN(C(=O)[C@H]2CCCN2)C1. The zero-order valence-electron chi connectivity index (χ0n) is 11.1. The highest BCUT2D eigenvalue weighted by Gasteiger charge is 2.49. The van der Waals surface area contributed by atoms with Crippen LogP contribution in [0, 0.1) is 11.3 Å². The summed E-state index contributed by atoms with van der Waals surface area (Å²) < 4.78 is 0. The average Bonchev–Trinajstić information content (AvgIpc) is 2.98. The van der Waals surface area contributed by atoms with Crippen molar-refractivity contribution in [2.75, 3.05) is 19.6 Å². The summed E-state index contributed by atoms with van der Waals surface area (Å²) in [6.07, 6.45) is 2.47. The molecule has 2 N–H and O–H groups in total. The van der Waals surface area contributed by atoms with E-state index in [0.29, 0.717) is 19.5 Å². The van der Waals surface area contributed by atoms with E-state index < -0.39 is 11.4 Å². The zero-order chi connectivity index (χ0) is 13.3. The van der Waals surface area contributed by atoms with Crippen molar-refractivity contribution in [3.05, 3.63) is 0 Å². The molecule has 2 fully saturated rings. The van der Waals surface area contributed by atoms with Gasteiger partial charge in [-0.25, -0.2) is 0 Å². The number of rotatable bonds is 3. The number of nitrogens with one attached hydrogen (secondary N) is 1. The van der Waals surface area contributed by atoms with Crippen molar-refractivity contribution in [1.29, 1.82) is 0 Å². The Morgan fingerprint density at radius 3 is 2.61 bits per heavy atom. The maximum atomic E-state index is 12.3. The van der Waals surface area contributed by atoms with Gasteiger partial charge in [-0.2, -0.15) is 0 Å². The fourth-order valence-electron chi connectivity index (χ4n) is 3.03. The van der Waals surface area contributed by atoms with Gasteiger partial charge in [0.2, 0.25) is 5.91 Å². The molecule has 18 heavy (non-hydrogen) atoms. The van der Waals surface area contributed by atoms with E-state index in [0.717, 1.165) is 19.4 Å². The Balaban J connectivity index is 2.06. The number of hydrogen-bond donors (Lipinski definition) is 2.